The molecule has 1 aromatic carbocycles. The Hall–Kier alpha value is -1.10. The number of fused-ring (bicyclic) bond motifs is 1. The molecule has 5 heteroatoms. The van der Waals surface area contributed by atoms with E-state index < -0.39 is 5.54 Å². The number of para-hydroxylation sites is 1. The summed E-state index contributed by atoms with van der Waals surface area (Å²) >= 11 is 6.33. The van der Waals surface area contributed by atoms with Crippen molar-refractivity contribution in [3.8, 4) is 0 Å². The first-order valence-corrected chi connectivity index (χ1v) is 7.05. The van der Waals surface area contributed by atoms with E-state index in [1.807, 2.05) is 18.2 Å². The van der Waals surface area contributed by atoms with E-state index in [1.54, 1.807) is 0 Å². The third-order valence-electron chi connectivity index (χ3n) is 3.66. The van der Waals surface area contributed by atoms with Crippen LogP contribution in [0.25, 0.3) is 11.0 Å². The summed E-state index contributed by atoms with van der Waals surface area (Å²) in [7, 11) is 0. The van der Waals surface area contributed by atoms with E-state index in [1.165, 1.54) is 0 Å². The van der Waals surface area contributed by atoms with Crippen LogP contribution in [-0.2, 0) is 16.8 Å². The van der Waals surface area contributed by atoms with Gasteiger partial charge in [0.1, 0.15) is 11.4 Å². The summed E-state index contributed by atoms with van der Waals surface area (Å²) in [5.74, 6) is 0.898. The highest BCUT2D eigenvalue weighted by molar-refractivity contribution is 6.35. The molecule has 0 bridgehead atoms. The zero-order valence-electron chi connectivity index (χ0n) is 11.0. The molecule has 102 valence electrons. The van der Waals surface area contributed by atoms with Gasteiger partial charge in [0.15, 0.2) is 0 Å². The Morgan fingerprint density at radius 1 is 1.53 bits per heavy atom. The molecule has 0 spiro atoms. The van der Waals surface area contributed by atoms with E-state index in [4.69, 9.17) is 27.1 Å². The van der Waals surface area contributed by atoms with E-state index in [9.17, 15) is 0 Å². The first-order valence-electron chi connectivity index (χ1n) is 6.67. The van der Waals surface area contributed by atoms with Gasteiger partial charge in [0.25, 0.3) is 0 Å². The number of rotatable bonds is 3. The lowest BCUT2D eigenvalue weighted by atomic mass is 9.99. The van der Waals surface area contributed by atoms with Crippen LogP contribution in [0.1, 0.15) is 25.6 Å². The number of aromatic nitrogens is 2. The molecule has 19 heavy (non-hydrogen) atoms. The molecular weight excluding hydrogens is 262 g/mol. The minimum Gasteiger partial charge on any atom is -0.379 e. The fourth-order valence-corrected chi connectivity index (χ4v) is 2.99. The fourth-order valence-electron chi connectivity index (χ4n) is 2.72. The van der Waals surface area contributed by atoms with E-state index >= 15 is 0 Å². The number of hydrogen-bond donors (Lipinski definition) is 1. The topological polar surface area (TPSA) is 53.1 Å². The van der Waals surface area contributed by atoms with E-state index in [0.717, 1.165) is 41.3 Å². The molecule has 3 rings (SSSR count). The number of hydrogen-bond acceptors (Lipinski definition) is 3. The third-order valence-corrected chi connectivity index (χ3v) is 3.97. The van der Waals surface area contributed by atoms with Crippen LogP contribution < -0.4 is 5.73 Å². The van der Waals surface area contributed by atoms with Crippen LogP contribution in [-0.4, -0.2) is 22.8 Å². The molecule has 1 aliphatic rings. The summed E-state index contributed by atoms with van der Waals surface area (Å²) in [6.45, 7) is 4.23. The molecule has 0 radical (unpaired) electrons. The lowest BCUT2D eigenvalue weighted by Crippen LogP contribution is -2.40. The van der Waals surface area contributed by atoms with Crippen molar-refractivity contribution in [2.24, 2.45) is 5.73 Å². The van der Waals surface area contributed by atoms with Gasteiger partial charge in [-0.3, -0.25) is 0 Å². The average molecular weight is 280 g/mol. The number of nitrogens with zero attached hydrogens (tertiary/aromatic N) is 2. The Morgan fingerprint density at radius 2 is 2.37 bits per heavy atom. The zero-order valence-corrected chi connectivity index (χ0v) is 11.8. The molecule has 0 aliphatic carbocycles. The quantitative estimate of drug-likeness (QED) is 0.940. The monoisotopic (exact) mass is 279 g/mol. The van der Waals surface area contributed by atoms with Gasteiger partial charge in [-0.2, -0.15) is 0 Å². The molecule has 1 aliphatic heterocycles. The van der Waals surface area contributed by atoms with Crippen LogP contribution in [0.4, 0.5) is 0 Å². The van der Waals surface area contributed by atoms with Gasteiger partial charge in [0.2, 0.25) is 0 Å². The lowest BCUT2D eigenvalue weighted by molar-refractivity contribution is 0.175. The van der Waals surface area contributed by atoms with Gasteiger partial charge >= 0.3 is 0 Å². The van der Waals surface area contributed by atoms with Crippen molar-refractivity contribution in [1.29, 1.82) is 0 Å². The van der Waals surface area contributed by atoms with E-state index in [2.05, 4.69) is 11.5 Å². The van der Waals surface area contributed by atoms with E-state index in [0.29, 0.717) is 13.2 Å². The molecule has 2 N–H and O–H groups in total. The molecule has 2 aromatic rings. The largest absolute Gasteiger partial charge is 0.379 e. The first kappa shape index (κ1) is 12.9. The van der Waals surface area contributed by atoms with Crippen LogP contribution in [0.2, 0.25) is 5.02 Å². The summed E-state index contributed by atoms with van der Waals surface area (Å²) in [6.07, 6.45) is 1.82. The number of ether oxygens (including phenoxy) is 1. The number of benzene rings is 1. The summed E-state index contributed by atoms with van der Waals surface area (Å²) < 4.78 is 7.62. The second kappa shape index (κ2) is 4.78. The molecule has 4 nitrogen and oxygen atoms in total. The average Bonchev–Trinajstić information content (AvgIpc) is 2.96. The summed E-state index contributed by atoms with van der Waals surface area (Å²) in [5, 5.41) is 0.729. The second-order valence-electron chi connectivity index (χ2n) is 5.15. The Morgan fingerprint density at radius 3 is 3.05 bits per heavy atom. The normalized spacial score (nSPS) is 23.3. The van der Waals surface area contributed by atoms with Gasteiger partial charge in [0.05, 0.1) is 22.7 Å². The standard InChI is InChI=1S/C14H18ClN3O/c1-2-7-18-12-10(15)4-3-5-11(12)17-13(18)14(16)6-8-19-9-14/h3-5H,2,6-9,16H2,1H3. The predicted octanol–water partition coefficient (Wildman–Crippen LogP) is 2.67. The highest BCUT2D eigenvalue weighted by Gasteiger charge is 2.37. The third kappa shape index (κ3) is 2.04. The lowest BCUT2D eigenvalue weighted by Gasteiger charge is -2.22. The van der Waals surface area contributed by atoms with Gasteiger partial charge in [-0.25, -0.2) is 4.98 Å². The smallest absolute Gasteiger partial charge is 0.132 e. The molecule has 1 unspecified atom stereocenters. The number of aryl methyl sites for hydroxylation is 1. The van der Waals surface area contributed by atoms with Crippen molar-refractivity contribution in [1.82, 2.24) is 9.55 Å². The Kier molecular flexibility index (Phi) is 3.25. The van der Waals surface area contributed by atoms with E-state index in [-0.39, 0.29) is 0 Å². The number of imidazole rings is 1. The van der Waals surface area contributed by atoms with Gasteiger partial charge < -0.3 is 15.0 Å². The molecule has 1 saturated heterocycles. The van der Waals surface area contributed by atoms with Crippen LogP contribution in [0.3, 0.4) is 0 Å². The Bertz CT molecular complexity index is 602. The first-order chi connectivity index (χ1) is 9.15. The number of halogens is 1. The Balaban J connectivity index is 2.23. The maximum atomic E-state index is 6.47. The van der Waals surface area contributed by atoms with Crippen molar-refractivity contribution in [3.05, 3.63) is 29.0 Å². The second-order valence-corrected chi connectivity index (χ2v) is 5.56. The summed E-state index contributed by atoms with van der Waals surface area (Å²) in [5.41, 5.74) is 7.88. The molecule has 1 atom stereocenters. The van der Waals surface area contributed by atoms with Crippen molar-refractivity contribution >= 4 is 22.6 Å². The maximum Gasteiger partial charge on any atom is 0.132 e. The van der Waals surface area contributed by atoms with Crippen LogP contribution in [0.5, 0.6) is 0 Å². The van der Waals surface area contributed by atoms with Gasteiger partial charge in [-0.1, -0.05) is 24.6 Å². The van der Waals surface area contributed by atoms with Gasteiger partial charge in [-0.05, 0) is 25.0 Å². The van der Waals surface area contributed by atoms with Crippen LogP contribution >= 0.6 is 11.6 Å². The molecule has 2 heterocycles. The van der Waals surface area contributed by atoms with Gasteiger partial charge in [-0.15, -0.1) is 0 Å². The van der Waals surface area contributed by atoms with Gasteiger partial charge in [0, 0.05) is 13.2 Å². The SMILES string of the molecule is CCCn1c(C2(N)CCOC2)nc2cccc(Cl)c21. The van der Waals surface area contributed by atoms with Crippen molar-refractivity contribution < 1.29 is 4.74 Å². The van der Waals surface area contributed by atoms with Crippen molar-refractivity contribution in [2.45, 2.75) is 31.8 Å². The number of nitrogens with two attached hydrogens (primary N) is 1. The molecule has 0 amide bonds. The van der Waals surface area contributed by atoms with Crippen molar-refractivity contribution in [3.63, 3.8) is 0 Å². The highest BCUT2D eigenvalue weighted by atomic mass is 35.5. The summed E-state index contributed by atoms with van der Waals surface area (Å²) in [6, 6.07) is 5.80. The molecule has 0 saturated carbocycles. The van der Waals surface area contributed by atoms with Crippen LogP contribution in [0.15, 0.2) is 18.2 Å². The predicted molar refractivity (Wildman–Crippen MR) is 76.3 cm³/mol. The highest BCUT2D eigenvalue weighted by Crippen LogP contribution is 2.32. The summed E-state index contributed by atoms with van der Waals surface area (Å²) in [4.78, 5) is 4.72. The molecule has 1 aromatic heterocycles. The minimum absolute atomic E-state index is 0.489. The zero-order chi connectivity index (χ0) is 13.5. The van der Waals surface area contributed by atoms with Crippen LogP contribution in [0, 0.1) is 0 Å². The van der Waals surface area contributed by atoms with Crippen molar-refractivity contribution in [2.75, 3.05) is 13.2 Å². The minimum atomic E-state index is -0.489. The molecular formula is C14H18ClN3O. The Labute approximate surface area is 117 Å². The molecule has 1 fully saturated rings. The fraction of sp³-hybridized carbons (Fsp3) is 0.500. The maximum absolute atomic E-state index is 6.47.